The third-order valence-corrected chi connectivity index (χ3v) is 3.50. The van der Waals surface area contributed by atoms with Gasteiger partial charge in [-0.25, -0.2) is 9.97 Å². The molecule has 0 bridgehead atoms. The fourth-order valence-electron chi connectivity index (χ4n) is 2.51. The van der Waals surface area contributed by atoms with Gasteiger partial charge in [-0.15, -0.1) is 0 Å². The summed E-state index contributed by atoms with van der Waals surface area (Å²) in [6, 6.07) is 1.83. The molecule has 1 aliphatic carbocycles. The van der Waals surface area contributed by atoms with E-state index in [4.69, 9.17) is 5.73 Å². The Bertz CT molecular complexity index is 383. The number of aryl methyl sites for hydroxylation is 1. The molecule has 3 N–H and O–H groups in total. The van der Waals surface area contributed by atoms with Crippen LogP contribution in [0, 0.1) is 0 Å². The van der Waals surface area contributed by atoms with Crippen molar-refractivity contribution in [3.05, 3.63) is 11.9 Å². The van der Waals surface area contributed by atoms with Crippen molar-refractivity contribution in [2.24, 2.45) is 0 Å². The van der Waals surface area contributed by atoms with Gasteiger partial charge in [-0.3, -0.25) is 0 Å². The van der Waals surface area contributed by atoms with Gasteiger partial charge in [-0.2, -0.15) is 0 Å². The first kappa shape index (κ1) is 12.1. The molecule has 4 heteroatoms. The second kappa shape index (κ2) is 4.90. The Balaban J connectivity index is 2.14. The monoisotopic (exact) mass is 234 g/mol. The highest BCUT2D eigenvalue weighted by atomic mass is 15.1. The normalized spacial score (nSPS) is 18.9. The molecule has 2 rings (SSSR count). The van der Waals surface area contributed by atoms with Crippen LogP contribution >= 0.6 is 0 Å². The number of hydrogen-bond donors (Lipinski definition) is 2. The number of aromatic nitrogens is 2. The van der Waals surface area contributed by atoms with Crippen molar-refractivity contribution in [2.75, 3.05) is 11.1 Å². The van der Waals surface area contributed by atoms with E-state index in [1.165, 1.54) is 32.1 Å². The largest absolute Gasteiger partial charge is 0.384 e. The standard InChI is InChI=1S/C13H22N4/c1-3-11-15-10(14)9-12(16-11)17-13(2)7-5-4-6-8-13/h9H,3-8H2,1-2H3,(H3,14,15,16,17). The summed E-state index contributed by atoms with van der Waals surface area (Å²) >= 11 is 0. The first-order valence-corrected chi connectivity index (χ1v) is 6.53. The molecule has 0 saturated heterocycles. The SMILES string of the molecule is CCc1nc(N)cc(NC2(C)CCCCC2)n1. The molecule has 0 amide bonds. The molecule has 0 aromatic carbocycles. The molecule has 0 atom stereocenters. The second-order valence-electron chi connectivity index (χ2n) is 5.19. The molecule has 0 aliphatic heterocycles. The van der Waals surface area contributed by atoms with E-state index in [2.05, 4.69) is 22.2 Å². The van der Waals surface area contributed by atoms with Crippen LogP contribution in [0.5, 0.6) is 0 Å². The van der Waals surface area contributed by atoms with Crippen LogP contribution in [0.1, 0.15) is 51.8 Å². The topological polar surface area (TPSA) is 63.8 Å². The predicted molar refractivity (Wildman–Crippen MR) is 70.9 cm³/mol. The smallest absolute Gasteiger partial charge is 0.132 e. The Labute approximate surface area is 103 Å². The number of nitrogens with zero attached hydrogens (tertiary/aromatic N) is 2. The van der Waals surface area contributed by atoms with E-state index < -0.39 is 0 Å². The molecular weight excluding hydrogens is 212 g/mol. The van der Waals surface area contributed by atoms with E-state index in [1.54, 1.807) is 0 Å². The van der Waals surface area contributed by atoms with E-state index in [9.17, 15) is 0 Å². The average molecular weight is 234 g/mol. The zero-order valence-electron chi connectivity index (χ0n) is 10.8. The van der Waals surface area contributed by atoms with Gasteiger partial charge in [0.05, 0.1) is 0 Å². The van der Waals surface area contributed by atoms with Crippen molar-refractivity contribution in [3.63, 3.8) is 0 Å². The van der Waals surface area contributed by atoms with E-state index in [-0.39, 0.29) is 5.54 Å². The summed E-state index contributed by atoms with van der Waals surface area (Å²) in [5.74, 6) is 2.24. The Morgan fingerprint density at radius 2 is 2.00 bits per heavy atom. The van der Waals surface area contributed by atoms with Gasteiger partial charge in [0.25, 0.3) is 0 Å². The number of nitrogens with one attached hydrogen (secondary N) is 1. The second-order valence-corrected chi connectivity index (χ2v) is 5.19. The molecule has 4 nitrogen and oxygen atoms in total. The number of hydrogen-bond acceptors (Lipinski definition) is 4. The molecule has 1 aromatic rings. The Morgan fingerprint density at radius 3 is 2.65 bits per heavy atom. The van der Waals surface area contributed by atoms with Crippen molar-refractivity contribution in [1.82, 2.24) is 9.97 Å². The Kier molecular flexibility index (Phi) is 3.50. The van der Waals surface area contributed by atoms with Crippen LogP contribution in [-0.2, 0) is 6.42 Å². The van der Waals surface area contributed by atoms with Crippen LogP contribution in [0.4, 0.5) is 11.6 Å². The van der Waals surface area contributed by atoms with Gasteiger partial charge in [-0.05, 0) is 19.8 Å². The summed E-state index contributed by atoms with van der Waals surface area (Å²) in [6.45, 7) is 4.32. The van der Waals surface area contributed by atoms with Crippen molar-refractivity contribution in [2.45, 2.75) is 57.9 Å². The molecule has 1 aromatic heterocycles. The van der Waals surface area contributed by atoms with Gasteiger partial charge < -0.3 is 11.1 Å². The molecule has 1 heterocycles. The quantitative estimate of drug-likeness (QED) is 0.844. The zero-order chi connectivity index (χ0) is 12.3. The summed E-state index contributed by atoms with van der Waals surface area (Å²) in [4.78, 5) is 8.68. The van der Waals surface area contributed by atoms with Crippen LogP contribution in [0.2, 0.25) is 0 Å². The Morgan fingerprint density at radius 1 is 1.29 bits per heavy atom. The summed E-state index contributed by atoms with van der Waals surface area (Å²) in [6.07, 6.45) is 7.17. The van der Waals surface area contributed by atoms with Crippen LogP contribution in [0.25, 0.3) is 0 Å². The number of anilines is 2. The maximum Gasteiger partial charge on any atom is 0.132 e. The first-order chi connectivity index (χ1) is 8.11. The van der Waals surface area contributed by atoms with Crippen LogP contribution in [0.3, 0.4) is 0 Å². The molecule has 0 spiro atoms. The maximum atomic E-state index is 5.79. The lowest BCUT2D eigenvalue weighted by molar-refractivity contribution is 0.348. The minimum atomic E-state index is 0.171. The third-order valence-electron chi connectivity index (χ3n) is 3.50. The van der Waals surface area contributed by atoms with Gasteiger partial charge in [0.2, 0.25) is 0 Å². The average Bonchev–Trinajstić information content (AvgIpc) is 2.28. The molecule has 1 fully saturated rings. The fourth-order valence-corrected chi connectivity index (χ4v) is 2.51. The van der Waals surface area contributed by atoms with Crippen molar-refractivity contribution < 1.29 is 0 Å². The summed E-state index contributed by atoms with van der Waals surface area (Å²) in [5, 5.41) is 3.54. The summed E-state index contributed by atoms with van der Waals surface area (Å²) in [5.41, 5.74) is 5.96. The Hall–Kier alpha value is -1.32. The molecule has 0 radical (unpaired) electrons. The molecule has 1 aliphatic rings. The molecule has 17 heavy (non-hydrogen) atoms. The highest BCUT2D eigenvalue weighted by molar-refractivity contribution is 5.46. The van der Waals surface area contributed by atoms with Gasteiger partial charge in [-0.1, -0.05) is 26.2 Å². The first-order valence-electron chi connectivity index (χ1n) is 6.53. The van der Waals surface area contributed by atoms with E-state index in [0.29, 0.717) is 5.82 Å². The lowest BCUT2D eigenvalue weighted by Gasteiger charge is -2.35. The third kappa shape index (κ3) is 3.08. The number of nitrogens with two attached hydrogens (primary N) is 1. The van der Waals surface area contributed by atoms with Crippen molar-refractivity contribution in [1.29, 1.82) is 0 Å². The molecule has 1 saturated carbocycles. The lowest BCUT2D eigenvalue weighted by Crippen LogP contribution is -2.37. The van der Waals surface area contributed by atoms with Crippen molar-refractivity contribution in [3.8, 4) is 0 Å². The lowest BCUT2D eigenvalue weighted by atomic mass is 9.83. The van der Waals surface area contributed by atoms with E-state index in [1.807, 2.05) is 13.0 Å². The molecule has 0 unspecified atom stereocenters. The van der Waals surface area contributed by atoms with Gasteiger partial charge in [0, 0.05) is 18.0 Å². The minimum Gasteiger partial charge on any atom is -0.384 e. The zero-order valence-corrected chi connectivity index (χ0v) is 10.8. The van der Waals surface area contributed by atoms with Crippen LogP contribution in [-0.4, -0.2) is 15.5 Å². The van der Waals surface area contributed by atoms with Crippen LogP contribution in [0.15, 0.2) is 6.07 Å². The fraction of sp³-hybridized carbons (Fsp3) is 0.692. The summed E-state index contributed by atoms with van der Waals surface area (Å²) in [7, 11) is 0. The molecular formula is C13H22N4. The maximum absolute atomic E-state index is 5.79. The van der Waals surface area contributed by atoms with Gasteiger partial charge in [0.15, 0.2) is 0 Å². The number of rotatable bonds is 3. The van der Waals surface area contributed by atoms with E-state index in [0.717, 1.165) is 18.1 Å². The van der Waals surface area contributed by atoms with Crippen molar-refractivity contribution >= 4 is 11.6 Å². The van der Waals surface area contributed by atoms with E-state index >= 15 is 0 Å². The highest BCUT2D eigenvalue weighted by Crippen LogP contribution is 2.30. The van der Waals surface area contributed by atoms with Crippen LogP contribution < -0.4 is 11.1 Å². The van der Waals surface area contributed by atoms with Gasteiger partial charge >= 0.3 is 0 Å². The predicted octanol–water partition coefficient (Wildman–Crippen LogP) is 2.76. The highest BCUT2D eigenvalue weighted by Gasteiger charge is 2.26. The molecule has 94 valence electrons. The minimum absolute atomic E-state index is 0.171. The summed E-state index contributed by atoms with van der Waals surface area (Å²) < 4.78 is 0. The van der Waals surface area contributed by atoms with Gasteiger partial charge in [0.1, 0.15) is 17.5 Å². The number of nitrogen functional groups attached to an aromatic ring is 1.